The minimum absolute atomic E-state index is 0.135. The molecule has 1 heteroatoms. The average molecular weight is 522 g/mol. The molecule has 2 aliphatic carbocycles. The molecule has 41 heavy (non-hydrogen) atoms. The zero-order valence-corrected chi connectivity index (χ0v) is 23.1. The van der Waals surface area contributed by atoms with Gasteiger partial charge in [0.05, 0.1) is 11.2 Å². The zero-order valence-electron chi connectivity index (χ0n) is 23.1. The van der Waals surface area contributed by atoms with Gasteiger partial charge in [0, 0.05) is 16.4 Å². The van der Waals surface area contributed by atoms with E-state index in [1.165, 1.54) is 77.4 Å². The van der Waals surface area contributed by atoms with Gasteiger partial charge in [-0.25, -0.2) is 4.98 Å². The first kappa shape index (κ1) is 22.8. The van der Waals surface area contributed by atoms with Gasteiger partial charge in [0.1, 0.15) is 0 Å². The molecule has 0 spiro atoms. The largest absolute Gasteiger partial charge is 0.247 e. The Morgan fingerprint density at radius 2 is 1.05 bits per heavy atom. The first-order valence-electron chi connectivity index (χ1n) is 14.4. The molecule has 0 atom stereocenters. The summed E-state index contributed by atoms with van der Waals surface area (Å²) >= 11 is 0. The van der Waals surface area contributed by atoms with E-state index in [0.29, 0.717) is 0 Å². The number of nitrogens with zero attached hydrogens (tertiary/aromatic N) is 1. The van der Waals surface area contributed by atoms with Crippen LogP contribution in [0.5, 0.6) is 0 Å². The number of benzene rings is 6. The number of hydrogen-bond acceptors (Lipinski definition) is 1. The Bertz CT molecular complexity index is 2190. The second kappa shape index (κ2) is 8.02. The van der Waals surface area contributed by atoms with Gasteiger partial charge in [-0.15, -0.1) is 0 Å². The summed E-state index contributed by atoms with van der Waals surface area (Å²) in [6.07, 6.45) is 0. The van der Waals surface area contributed by atoms with Crippen LogP contribution in [-0.2, 0) is 5.41 Å². The maximum Gasteiger partial charge on any atom is 0.0759 e. The molecule has 0 unspecified atom stereocenters. The van der Waals surface area contributed by atoms with E-state index in [1.807, 2.05) is 0 Å². The molecule has 0 bridgehead atoms. The van der Waals surface area contributed by atoms with Crippen molar-refractivity contribution in [2.45, 2.75) is 19.3 Å². The Balaban J connectivity index is 1.24. The fourth-order valence-corrected chi connectivity index (χ4v) is 7.56. The lowest BCUT2D eigenvalue weighted by molar-refractivity contribution is 0.662. The smallest absolute Gasteiger partial charge is 0.0759 e. The number of para-hydroxylation sites is 1. The van der Waals surface area contributed by atoms with E-state index in [9.17, 15) is 0 Å². The molecule has 9 rings (SSSR count). The summed E-state index contributed by atoms with van der Waals surface area (Å²) in [5.74, 6) is 0. The van der Waals surface area contributed by atoms with Gasteiger partial charge in [0.25, 0.3) is 0 Å². The average Bonchev–Trinajstić information content (AvgIpc) is 3.46. The van der Waals surface area contributed by atoms with E-state index < -0.39 is 0 Å². The third kappa shape index (κ3) is 2.98. The van der Waals surface area contributed by atoms with Crippen molar-refractivity contribution in [1.82, 2.24) is 4.98 Å². The molecule has 2 aliphatic rings. The topological polar surface area (TPSA) is 12.9 Å². The van der Waals surface area contributed by atoms with Crippen LogP contribution in [0.3, 0.4) is 0 Å². The minimum Gasteiger partial charge on any atom is -0.247 e. The lowest BCUT2D eigenvalue weighted by atomic mass is 9.78. The molecule has 6 aromatic carbocycles. The Labute approximate surface area is 239 Å². The number of hydrogen-bond donors (Lipinski definition) is 0. The third-order valence-electron chi connectivity index (χ3n) is 9.41. The summed E-state index contributed by atoms with van der Waals surface area (Å²) in [7, 11) is 0. The molecule has 1 nitrogen and oxygen atoms in total. The Morgan fingerprint density at radius 3 is 1.85 bits per heavy atom. The maximum atomic E-state index is 5.22. The number of fused-ring (bicyclic) bond motifs is 7. The SMILES string of the molecule is CC1(C)c2ccccc2-c2nc3ccccc3c(-c3ccc(-c4ccc5c6c(cccc46)-c4ccccc4-5)cc3)c21. The van der Waals surface area contributed by atoms with Gasteiger partial charge in [-0.3, -0.25) is 0 Å². The summed E-state index contributed by atoms with van der Waals surface area (Å²) in [4.78, 5) is 5.22. The summed E-state index contributed by atoms with van der Waals surface area (Å²) < 4.78 is 0. The highest BCUT2D eigenvalue weighted by atomic mass is 14.7. The van der Waals surface area contributed by atoms with Gasteiger partial charge in [-0.1, -0.05) is 135 Å². The van der Waals surface area contributed by atoms with Crippen molar-refractivity contribution in [1.29, 1.82) is 0 Å². The van der Waals surface area contributed by atoms with Gasteiger partial charge in [0.15, 0.2) is 0 Å². The Morgan fingerprint density at radius 1 is 0.463 bits per heavy atom. The summed E-state index contributed by atoms with van der Waals surface area (Å²) in [6.45, 7) is 4.69. The molecule has 7 aromatic rings. The molecule has 1 aromatic heterocycles. The molecule has 0 aliphatic heterocycles. The maximum absolute atomic E-state index is 5.22. The van der Waals surface area contributed by atoms with Crippen LogP contribution in [-0.4, -0.2) is 4.98 Å². The number of aromatic nitrogens is 1. The first-order valence-corrected chi connectivity index (χ1v) is 14.4. The van der Waals surface area contributed by atoms with Crippen LogP contribution in [0.2, 0.25) is 0 Å². The van der Waals surface area contributed by atoms with E-state index in [4.69, 9.17) is 4.98 Å². The second-order valence-electron chi connectivity index (χ2n) is 11.9. The molecular weight excluding hydrogens is 494 g/mol. The van der Waals surface area contributed by atoms with Gasteiger partial charge in [0.2, 0.25) is 0 Å². The molecule has 1 heterocycles. The fourth-order valence-electron chi connectivity index (χ4n) is 7.56. The van der Waals surface area contributed by atoms with E-state index in [-0.39, 0.29) is 5.41 Å². The standard InChI is InChI=1S/C40H27N/c1-40(2)34-16-7-5-12-32(34)39-38(40)36(33-13-6-8-17-35(33)41-39)25-20-18-24(19-21-25)26-22-23-31-28-11-4-3-10-27(28)30-15-9-14-29(26)37(30)31/h3-23H,1-2H3. The number of pyridine rings is 1. The van der Waals surface area contributed by atoms with Gasteiger partial charge in [-0.05, 0) is 72.5 Å². The molecule has 0 saturated carbocycles. The van der Waals surface area contributed by atoms with Gasteiger partial charge < -0.3 is 0 Å². The van der Waals surface area contributed by atoms with Crippen LogP contribution < -0.4 is 0 Å². The Hall–Kier alpha value is -5.01. The lowest BCUT2D eigenvalue weighted by Gasteiger charge is -2.25. The van der Waals surface area contributed by atoms with Crippen molar-refractivity contribution in [2.75, 3.05) is 0 Å². The van der Waals surface area contributed by atoms with E-state index in [0.717, 1.165) is 11.2 Å². The molecule has 0 amide bonds. The highest BCUT2D eigenvalue weighted by Crippen LogP contribution is 2.53. The normalized spacial score (nSPS) is 13.8. The van der Waals surface area contributed by atoms with Crippen molar-refractivity contribution in [3.8, 4) is 55.8 Å². The van der Waals surface area contributed by atoms with Crippen molar-refractivity contribution in [3.05, 3.63) is 139 Å². The second-order valence-corrected chi connectivity index (χ2v) is 11.9. The van der Waals surface area contributed by atoms with Crippen LogP contribution in [0.15, 0.2) is 127 Å². The summed E-state index contributed by atoms with van der Waals surface area (Å²) in [5, 5.41) is 3.89. The molecule has 0 saturated heterocycles. The van der Waals surface area contributed by atoms with Crippen molar-refractivity contribution < 1.29 is 0 Å². The summed E-state index contributed by atoms with van der Waals surface area (Å²) in [5.41, 5.74) is 16.4. The van der Waals surface area contributed by atoms with Crippen LogP contribution >= 0.6 is 0 Å². The molecule has 192 valence electrons. The minimum atomic E-state index is -0.135. The van der Waals surface area contributed by atoms with E-state index >= 15 is 0 Å². The van der Waals surface area contributed by atoms with Crippen LogP contribution in [0, 0.1) is 0 Å². The predicted octanol–water partition coefficient (Wildman–Crippen LogP) is 10.7. The third-order valence-corrected chi connectivity index (χ3v) is 9.41. The Kier molecular flexibility index (Phi) is 4.45. The fraction of sp³-hybridized carbons (Fsp3) is 0.0750. The lowest BCUT2D eigenvalue weighted by Crippen LogP contribution is -2.16. The number of rotatable bonds is 2. The van der Waals surface area contributed by atoms with Gasteiger partial charge >= 0.3 is 0 Å². The quantitative estimate of drug-likeness (QED) is 0.220. The van der Waals surface area contributed by atoms with Crippen molar-refractivity contribution >= 4 is 21.7 Å². The monoisotopic (exact) mass is 521 g/mol. The van der Waals surface area contributed by atoms with Gasteiger partial charge in [-0.2, -0.15) is 0 Å². The van der Waals surface area contributed by atoms with Crippen LogP contribution in [0.4, 0.5) is 0 Å². The summed E-state index contributed by atoms with van der Waals surface area (Å²) in [6, 6.07) is 46.7. The highest BCUT2D eigenvalue weighted by molar-refractivity contribution is 6.18. The molecule has 0 fully saturated rings. The van der Waals surface area contributed by atoms with Crippen molar-refractivity contribution in [3.63, 3.8) is 0 Å². The van der Waals surface area contributed by atoms with Crippen LogP contribution in [0.1, 0.15) is 25.0 Å². The van der Waals surface area contributed by atoms with E-state index in [1.54, 1.807) is 0 Å². The molecule has 0 radical (unpaired) electrons. The zero-order chi connectivity index (χ0) is 27.3. The molecular formula is C40H27N. The van der Waals surface area contributed by atoms with Crippen molar-refractivity contribution in [2.24, 2.45) is 0 Å². The highest BCUT2D eigenvalue weighted by Gasteiger charge is 2.39. The van der Waals surface area contributed by atoms with Crippen LogP contribution in [0.25, 0.3) is 77.4 Å². The predicted molar refractivity (Wildman–Crippen MR) is 172 cm³/mol. The molecule has 0 N–H and O–H groups in total. The first-order chi connectivity index (χ1) is 20.1. The van der Waals surface area contributed by atoms with E-state index in [2.05, 4.69) is 141 Å².